The molecule has 1 atom stereocenters. The average molecular weight is 395 g/mol. The summed E-state index contributed by atoms with van der Waals surface area (Å²) < 4.78 is 26.8. The summed E-state index contributed by atoms with van der Waals surface area (Å²) in [7, 11) is -1.34. The summed E-state index contributed by atoms with van der Waals surface area (Å²) in [5.74, 6) is 0. The van der Waals surface area contributed by atoms with Crippen molar-refractivity contribution in [2.45, 2.75) is 37.5 Å². The summed E-state index contributed by atoms with van der Waals surface area (Å²) in [5.41, 5.74) is 0.837. The topological polar surface area (TPSA) is 81.8 Å². The van der Waals surface area contributed by atoms with Gasteiger partial charge < -0.3 is 15.1 Å². The minimum Gasteiger partial charge on any atom is -0.324 e. The molecule has 3 rings (SSSR count). The number of hydrogen-bond donors (Lipinski definition) is 2. The Bertz CT molecular complexity index is 766. The van der Waals surface area contributed by atoms with Crippen molar-refractivity contribution in [1.29, 1.82) is 0 Å². The van der Waals surface area contributed by atoms with Crippen molar-refractivity contribution in [3.63, 3.8) is 0 Å². The van der Waals surface area contributed by atoms with E-state index in [-0.39, 0.29) is 16.3 Å². The molecule has 1 aromatic rings. The number of carbonyl (C=O) groups is 1. The van der Waals surface area contributed by atoms with Crippen LogP contribution < -0.4 is 10.0 Å². The number of carbonyl (C=O) groups excluding carboxylic acids is 1. The molecule has 8 heteroatoms. The van der Waals surface area contributed by atoms with E-state index in [1.165, 1.54) is 25.0 Å². The van der Waals surface area contributed by atoms with Crippen LogP contribution in [0.5, 0.6) is 0 Å². The first-order chi connectivity index (χ1) is 12.8. The SMILES string of the molecule is CCCNS(=O)(=O)c1ccc(NC(=O)N2CCC3(CCCN(C)C3)C2)cc1. The van der Waals surface area contributed by atoms with E-state index in [4.69, 9.17) is 0 Å². The molecule has 1 unspecified atom stereocenters. The molecule has 150 valence electrons. The van der Waals surface area contributed by atoms with Crippen LogP contribution in [0.25, 0.3) is 0 Å². The van der Waals surface area contributed by atoms with Gasteiger partial charge in [-0.15, -0.1) is 0 Å². The highest BCUT2D eigenvalue weighted by molar-refractivity contribution is 7.89. The van der Waals surface area contributed by atoms with E-state index in [1.807, 2.05) is 11.8 Å². The molecule has 0 radical (unpaired) electrons. The highest BCUT2D eigenvalue weighted by atomic mass is 32.2. The minimum absolute atomic E-state index is 0.111. The molecular weight excluding hydrogens is 364 g/mol. The molecule has 0 bridgehead atoms. The molecule has 7 nitrogen and oxygen atoms in total. The fraction of sp³-hybridized carbons (Fsp3) is 0.632. The van der Waals surface area contributed by atoms with Crippen molar-refractivity contribution in [3.05, 3.63) is 24.3 Å². The van der Waals surface area contributed by atoms with Crippen LogP contribution in [-0.2, 0) is 10.0 Å². The summed E-state index contributed by atoms with van der Waals surface area (Å²) in [6, 6.07) is 6.21. The molecule has 0 saturated carbocycles. The van der Waals surface area contributed by atoms with Crippen LogP contribution >= 0.6 is 0 Å². The van der Waals surface area contributed by atoms with E-state index in [1.54, 1.807) is 12.1 Å². The lowest BCUT2D eigenvalue weighted by molar-refractivity contribution is 0.117. The Morgan fingerprint density at radius 2 is 1.89 bits per heavy atom. The average Bonchev–Trinajstić information content (AvgIpc) is 3.03. The van der Waals surface area contributed by atoms with Gasteiger partial charge in [0.1, 0.15) is 0 Å². The van der Waals surface area contributed by atoms with Crippen molar-refractivity contribution in [2.24, 2.45) is 5.41 Å². The van der Waals surface area contributed by atoms with Crippen LogP contribution in [0.15, 0.2) is 29.2 Å². The van der Waals surface area contributed by atoms with Crippen molar-refractivity contribution in [2.75, 3.05) is 45.1 Å². The largest absolute Gasteiger partial charge is 0.324 e. The Labute approximate surface area is 162 Å². The maximum absolute atomic E-state index is 12.6. The van der Waals surface area contributed by atoms with Crippen molar-refractivity contribution >= 4 is 21.7 Å². The van der Waals surface area contributed by atoms with Gasteiger partial charge in [-0.25, -0.2) is 17.9 Å². The highest BCUT2D eigenvalue weighted by Gasteiger charge is 2.42. The number of nitrogens with one attached hydrogen (secondary N) is 2. The van der Waals surface area contributed by atoms with Gasteiger partial charge in [0.05, 0.1) is 4.90 Å². The normalized spacial score (nSPS) is 23.7. The number of rotatable bonds is 5. The molecular formula is C19H30N4O3S. The molecule has 27 heavy (non-hydrogen) atoms. The third-order valence-electron chi connectivity index (χ3n) is 5.54. The predicted octanol–water partition coefficient (Wildman–Crippen LogP) is 2.32. The van der Waals surface area contributed by atoms with E-state index in [2.05, 4.69) is 22.0 Å². The molecule has 2 aliphatic rings. The van der Waals surface area contributed by atoms with E-state index in [9.17, 15) is 13.2 Å². The van der Waals surface area contributed by atoms with Gasteiger partial charge in [-0.05, 0) is 63.5 Å². The summed E-state index contributed by atoms with van der Waals surface area (Å²) in [4.78, 5) is 17.1. The monoisotopic (exact) mass is 394 g/mol. The molecule has 0 aliphatic carbocycles. The Morgan fingerprint density at radius 3 is 2.56 bits per heavy atom. The lowest BCUT2D eigenvalue weighted by Gasteiger charge is -2.38. The number of likely N-dealkylation sites (tertiary alicyclic amines) is 2. The van der Waals surface area contributed by atoms with E-state index >= 15 is 0 Å². The summed E-state index contributed by atoms with van der Waals surface area (Å²) in [5, 5.41) is 2.90. The molecule has 2 heterocycles. The number of hydrogen-bond acceptors (Lipinski definition) is 4. The van der Waals surface area contributed by atoms with E-state index in [0.29, 0.717) is 12.2 Å². The first-order valence-electron chi connectivity index (χ1n) is 9.68. The van der Waals surface area contributed by atoms with Crippen LogP contribution in [0.3, 0.4) is 0 Å². The third kappa shape index (κ3) is 4.80. The van der Waals surface area contributed by atoms with E-state index < -0.39 is 10.0 Å². The van der Waals surface area contributed by atoms with Gasteiger partial charge in [-0.3, -0.25) is 0 Å². The number of nitrogens with zero attached hydrogens (tertiary/aromatic N) is 2. The molecule has 2 aliphatic heterocycles. The quantitative estimate of drug-likeness (QED) is 0.803. The summed E-state index contributed by atoms with van der Waals surface area (Å²) in [6.07, 6.45) is 4.15. The second-order valence-electron chi connectivity index (χ2n) is 7.87. The first-order valence-corrected chi connectivity index (χ1v) is 11.2. The third-order valence-corrected chi connectivity index (χ3v) is 7.01. The summed E-state index contributed by atoms with van der Waals surface area (Å²) >= 11 is 0. The Balaban J connectivity index is 1.58. The van der Waals surface area contributed by atoms with Gasteiger partial charge in [-0.1, -0.05) is 6.92 Å². The van der Waals surface area contributed by atoms with Crippen LogP contribution in [0, 0.1) is 5.41 Å². The zero-order valence-corrected chi connectivity index (χ0v) is 17.0. The first kappa shape index (κ1) is 20.1. The zero-order valence-electron chi connectivity index (χ0n) is 16.2. The van der Waals surface area contributed by atoms with Gasteiger partial charge >= 0.3 is 6.03 Å². The van der Waals surface area contributed by atoms with Crippen LogP contribution in [0.1, 0.15) is 32.6 Å². The van der Waals surface area contributed by atoms with Gasteiger partial charge in [-0.2, -0.15) is 0 Å². The minimum atomic E-state index is -3.49. The molecule has 1 spiro atoms. The molecule has 1 aromatic carbocycles. The molecule has 2 saturated heterocycles. The fourth-order valence-electron chi connectivity index (χ4n) is 4.14. The van der Waals surface area contributed by atoms with Crippen LogP contribution in [-0.4, -0.2) is 64.0 Å². The molecule has 2 amide bonds. The number of benzene rings is 1. The number of amides is 2. The van der Waals surface area contributed by atoms with Gasteiger partial charge in [0.25, 0.3) is 0 Å². The van der Waals surface area contributed by atoms with Gasteiger partial charge in [0, 0.05) is 37.3 Å². The smallest absolute Gasteiger partial charge is 0.321 e. The highest BCUT2D eigenvalue weighted by Crippen LogP contribution is 2.38. The number of anilines is 1. The fourth-order valence-corrected chi connectivity index (χ4v) is 5.27. The standard InChI is InChI=1S/C19H30N4O3S/c1-3-11-20-27(25,26)17-7-5-16(6-8-17)21-18(24)23-13-10-19(15-23)9-4-12-22(2)14-19/h5-8,20H,3-4,9-15H2,1-2H3,(H,21,24). The number of sulfonamides is 1. The van der Waals surface area contributed by atoms with Gasteiger partial charge in [0.15, 0.2) is 0 Å². The van der Waals surface area contributed by atoms with Crippen molar-refractivity contribution in [1.82, 2.24) is 14.5 Å². The zero-order chi connectivity index (χ0) is 19.5. The lowest BCUT2D eigenvalue weighted by Crippen LogP contribution is -2.44. The maximum Gasteiger partial charge on any atom is 0.321 e. The van der Waals surface area contributed by atoms with Gasteiger partial charge in [0.2, 0.25) is 10.0 Å². The van der Waals surface area contributed by atoms with Crippen molar-refractivity contribution in [3.8, 4) is 0 Å². The van der Waals surface area contributed by atoms with E-state index in [0.717, 1.165) is 39.0 Å². The summed E-state index contributed by atoms with van der Waals surface area (Å²) in [6.45, 7) is 6.07. The molecule has 0 aromatic heterocycles. The Kier molecular flexibility index (Phi) is 6.08. The van der Waals surface area contributed by atoms with Crippen LogP contribution in [0.4, 0.5) is 10.5 Å². The Hall–Kier alpha value is -1.64. The Morgan fingerprint density at radius 1 is 1.15 bits per heavy atom. The van der Waals surface area contributed by atoms with Crippen molar-refractivity contribution < 1.29 is 13.2 Å². The maximum atomic E-state index is 12.6. The second-order valence-corrected chi connectivity index (χ2v) is 9.63. The predicted molar refractivity (Wildman–Crippen MR) is 106 cm³/mol. The number of piperidine rings is 1. The van der Waals surface area contributed by atoms with Crippen LogP contribution in [0.2, 0.25) is 0 Å². The lowest BCUT2D eigenvalue weighted by atomic mass is 9.79. The molecule has 2 N–H and O–H groups in total. The second kappa shape index (κ2) is 8.16. The number of urea groups is 1. The molecule has 2 fully saturated rings.